The molecular weight excluding hydrogens is 320 g/mol. The quantitative estimate of drug-likeness (QED) is 0.831. The molecular formula is C19H28N2O4. The van der Waals surface area contributed by atoms with E-state index in [9.17, 15) is 9.59 Å². The van der Waals surface area contributed by atoms with Crippen LogP contribution in [0.1, 0.15) is 51.1 Å². The third-order valence-electron chi connectivity index (χ3n) is 4.81. The zero-order valence-electron chi connectivity index (χ0n) is 15.5. The number of piperidine rings is 1. The highest BCUT2D eigenvalue weighted by atomic mass is 16.5. The number of benzene rings is 1. The molecule has 0 aromatic heterocycles. The summed E-state index contributed by atoms with van der Waals surface area (Å²) in [5.74, 6) is 0.232. The molecule has 2 amide bonds. The number of methoxy groups -OCH3 is 2. The topological polar surface area (TPSA) is 67.9 Å². The molecule has 1 saturated heterocycles. The molecule has 25 heavy (non-hydrogen) atoms. The van der Waals surface area contributed by atoms with Gasteiger partial charge in [-0.25, -0.2) is 0 Å². The van der Waals surface area contributed by atoms with Crippen LogP contribution in [0.4, 0.5) is 0 Å². The molecule has 1 aromatic carbocycles. The van der Waals surface area contributed by atoms with E-state index in [1.54, 1.807) is 25.2 Å². The first-order valence-corrected chi connectivity index (χ1v) is 8.85. The highest BCUT2D eigenvalue weighted by Crippen LogP contribution is 2.30. The maximum atomic E-state index is 12.5. The first-order valence-electron chi connectivity index (χ1n) is 8.85. The summed E-state index contributed by atoms with van der Waals surface area (Å²) in [7, 11) is 3.14. The molecule has 0 radical (unpaired) electrons. The predicted molar refractivity (Wildman–Crippen MR) is 95.7 cm³/mol. The van der Waals surface area contributed by atoms with Gasteiger partial charge in [0.25, 0.3) is 0 Å². The van der Waals surface area contributed by atoms with Gasteiger partial charge in [-0.3, -0.25) is 9.59 Å². The second kappa shape index (κ2) is 8.74. The lowest BCUT2D eigenvalue weighted by atomic mass is 10.00. The molecule has 1 aromatic rings. The minimum absolute atomic E-state index is 0.170. The molecule has 2 rings (SSSR count). The zero-order valence-corrected chi connectivity index (χ0v) is 15.5. The molecule has 0 aliphatic carbocycles. The van der Waals surface area contributed by atoms with Gasteiger partial charge in [-0.2, -0.15) is 0 Å². The molecule has 0 saturated carbocycles. The Kier molecular flexibility index (Phi) is 6.67. The van der Waals surface area contributed by atoms with Crippen LogP contribution >= 0.6 is 0 Å². The van der Waals surface area contributed by atoms with Crippen molar-refractivity contribution in [1.82, 2.24) is 10.2 Å². The van der Waals surface area contributed by atoms with Crippen LogP contribution in [0.3, 0.4) is 0 Å². The summed E-state index contributed by atoms with van der Waals surface area (Å²) in [5.41, 5.74) is 0.851. The molecule has 0 spiro atoms. The smallest absolute Gasteiger partial charge is 0.312 e. The second-order valence-electron chi connectivity index (χ2n) is 6.37. The molecule has 2 unspecified atom stereocenters. The maximum absolute atomic E-state index is 12.5. The highest BCUT2D eigenvalue weighted by molar-refractivity contribution is 6.35. The van der Waals surface area contributed by atoms with Gasteiger partial charge in [0.05, 0.1) is 20.3 Å². The number of nitrogens with one attached hydrogen (secondary N) is 1. The van der Waals surface area contributed by atoms with Crippen molar-refractivity contribution in [2.24, 2.45) is 0 Å². The Morgan fingerprint density at radius 3 is 2.60 bits per heavy atom. The van der Waals surface area contributed by atoms with Crippen LogP contribution < -0.4 is 14.8 Å². The average Bonchev–Trinajstić information content (AvgIpc) is 2.66. The summed E-state index contributed by atoms with van der Waals surface area (Å²) in [5, 5.41) is 2.80. The van der Waals surface area contributed by atoms with Crippen molar-refractivity contribution in [2.75, 3.05) is 20.8 Å². The van der Waals surface area contributed by atoms with Crippen molar-refractivity contribution < 1.29 is 19.1 Å². The van der Waals surface area contributed by atoms with E-state index in [4.69, 9.17) is 9.47 Å². The van der Waals surface area contributed by atoms with E-state index in [1.165, 1.54) is 0 Å². The van der Waals surface area contributed by atoms with E-state index in [0.717, 1.165) is 31.2 Å². The summed E-state index contributed by atoms with van der Waals surface area (Å²) < 4.78 is 10.5. The lowest BCUT2D eigenvalue weighted by Crippen LogP contribution is -2.50. The lowest BCUT2D eigenvalue weighted by Gasteiger charge is -2.34. The fraction of sp³-hybridized carbons (Fsp3) is 0.579. The summed E-state index contributed by atoms with van der Waals surface area (Å²) in [6, 6.07) is 5.32. The molecule has 2 atom stereocenters. The summed E-state index contributed by atoms with van der Waals surface area (Å²) in [6.45, 7) is 4.57. The van der Waals surface area contributed by atoms with Crippen LogP contribution in [-0.4, -0.2) is 43.5 Å². The number of carbonyl (C=O) groups is 2. The van der Waals surface area contributed by atoms with E-state index in [1.807, 2.05) is 19.1 Å². The van der Waals surface area contributed by atoms with E-state index in [-0.39, 0.29) is 12.1 Å². The van der Waals surface area contributed by atoms with E-state index < -0.39 is 11.8 Å². The molecule has 0 bridgehead atoms. The third kappa shape index (κ3) is 4.44. The van der Waals surface area contributed by atoms with Gasteiger partial charge in [-0.15, -0.1) is 0 Å². The van der Waals surface area contributed by atoms with E-state index in [0.29, 0.717) is 18.0 Å². The number of rotatable bonds is 5. The first-order chi connectivity index (χ1) is 12.0. The third-order valence-corrected chi connectivity index (χ3v) is 4.81. The Morgan fingerprint density at radius 2 is 1.96 bits per heavy atom. The first kappa shape index (κ1) is 19.1. The van der Waals surface area contributed by atoms with E-state index >= 15 is 0 Å². The van der Waals surface area contributed by atoms with Crippen LogP contribution in [0.25, 0.3) is 0 Å². The number of nitrogens with zero attached hydrogens (tertiary/aromatic N) is 1. The Morgan fingerprint density at radius 1 is 1.24 bits per heavy atom. The van der Waals surface area contributed by atoms with Gasteiger partial charge in [-0.05, 0) is 50.3 Å². The number of hydrogen-bond acceptors (Lipinski definition) is 4. The van der Waals surface area contributed by atoms with Crippen LogP contribution in [0.15, 0.2) is 18.2 Å². The Hall–Kier alpha value is -2.24. The van der Waals surface area contributed by atoms with Crippen LogP contribution in [0.2, 0.25) is 0 Å². The van der Waals surface area contributed by atoms with Gasteiger partial charge in [0.15, 0.2) is 11.5 Å². The Balaban J connectivity index is 2.05. The zero-order chi connectivity index (χ0) is 18.4. The van der Waals surface area contributed by atoms with Crippen molar-refractivity contribution in [2.45, 2.75) is 51.6 Å². The summed E-state index contributed by atoms with van der Waals surface area (Å²) in [6.07, 6.45) is 3.93. The molecule has 6 heteroatoms. The van der Waals surface area contributed by atoms with Crippen LogP contribution in [0.5, 0.6) is 11.5 Å². The SMILES string of the molecule is CCC1CCCCN1C(=O)C(=O)NC(C)c1ccc(OC)c(OC)c1. The van der Waals surface area contributed by atoms with Crippen molar-refractivity contribution >= 4 is 11.8 Å². The lowest BCUT2D eigenvalue weighted by molar-refractivity contribution is -0.148. The molecule has 6 nitrogen and oxygen atoms in total. The number of hydrogen-bond donors (Lipinski definition) is 1. The molecule has 1 heterocycles. The fourth-order valence-electron chi connectivity index (χ4n) is 3.29. The van der Waals surface area contributed by atoms with Gasteiger partial charge in [0.2, 0.25) is 0 Å². The average molecular weight is 348 g/mol. The summed E-state index contributed by atoms with van der Waals surface area (Å²) >= 11 is 0. The van der Waals surface area contributed by atoms with Gasteiger partial charge in [0.1, 0.15) is 0 Å². The van der Waals surface area contributed by atoms with Gasteiger partial charge in [-0.1, -0.05) is 13.0 Å². The molecule has 138 valence electrons. The molecule has 1 fully saturated rings. The normalized spacial score (nSPS) is 18.4. The largest absolute Gasteiger partial charge is 0.493 e. The van der Waals surface area contributed by atoms with Crippen molar-refractivity contribution in [3.05, 3.63) is 23.8 Å². The highest BCUT2D eigenvalue weighted by Gasteiger charge is 2.30. The minimum Gasteiger partial charge on any atom is -0.493 e. The fourth-order valence-corrected chi connectivity index (χ4v) is 3.29. The Bertz CT molecular complexity index is 617. The van der Waals surface area contributed by atoms with Gasteiger partial charge >= 0.3 is 11.8 Å². The van der Waals surface area contributed by atoms with Crippen molar-refractivity contribution in [1.29, 1.82) is 0 Å². The molecule has 1 aliphatic rings. The predicted octanol–water partition coefficient (Wildman–Crippen LogP) is 2.67. The molecule has 1 N–H and O–H groups in total. The number of likely N-dealkylation sites (tertiary alicyclic amines) is 1. The second-order valence-corrected chi connectivity index (χ2v) is 6.37. The van der Waals surface area contributed by atoms with Gasteiger partial charge in [0, 0.05) is 12.6 Å². The maximum Gasteiger partial charge on any atom is 0.312 e. The number of carbonyl (C=O) groups excluding carboxylic acids is 2. The van der Waals surface area contributed by atoms with E-state index in [2.05, 4.69) is 12.2 Å². The standard InChI is InChI=1S/C19H28N2O4/c1-5-15-8-6-7-11-21(15)19(23)18(22)20-13(2)14-9-10-16(24-3)17(12-14)25-4/h9-10,12-13,15H,5-8,11H2,1-4H3,(H,20,22). The number of ether oxygens (including phenoxy) is 2. The van der Waals surface area contributed by atoms with Crippen LogP contribution in [-0.2, 0) is 9.59 Å². The monoisotopic (exact) mass is 348 g/mol. The van der Waals surface area contributed by atoms with Crippen molar-refractivity contribution in [3.63, 3.8) is 0 Å². The Labute approximate surface area is 149 Å². The van der Waals surface area contributed by atoms with Crippen LogP contribution in [0, 0.1) is 0 Å². The molecule has 1 aliphatic heterocycles. The summed E-state index contributed by atoms with van der Waals surface area (Å²) in [4.78, 5) is 26.7. The minimum atomic E-state index is -0.553. The van der Waals surface area contributed by atoms with Crippen molar-refractivity contribution in [3.8, 4) is 11.5 Å². The van der Waals surface area contributed by atoms with Gasteiger partial charge < -0.3 is 19.7 Å². The number of amides is 2.